The Hall–Kier alpha value is -2.06. The molecule has 1 amide bonds. The molecule has 29 heavy (non-hydrogen) atoms. The predicted octanol–water partition coefficient (Wildman–Crippen LogP) is 6.14. The van der Waals surface area contributed by atoms with Crippen molar-refractivity contribution in [1.29, 1.82) is 0 Å². The number of aromatic nitrogens is 3. The number of carbonyl (C=O) groups excluding carboxylic acids is 1. The molecule has 1 N–H and O–H groups in total. The first kappa shape index (κ1) is 20.2. The Kier molecular flexibility index (Phi) is 5.83. The van der Waals surface area contributed by atoms with Gasteiger partial charge in [0, 0.05) is 16.0 Å². The first-order valence-electron chi connectivity index (χ1n) is 8.71. The van der Waals surface area contributed by atoms with Crippen LogP contribution < -0.4 is 5.32 Å². The number of benzene rings is 2. The molecule has 2 aromatic heterocycles. The van der Waals surface area contributed by atoms with Gasteiger partial charge >= 0.3 is 0 Å². The molecule has 0 atom stereocenters. The van der Waals surface area contributed by atoms with E-state index >= 15 is 0 Å². The van der Waals surface area contributed by atoms with Crippen molar-refractivity contribution < 1.29 is 4.79 Å². The summed E-state index contributed by atoms with van der Waals surface area (Å²) in [6.45, 7) is 3.87. The molecule has 148 valence electrons. The number of amides is 1. The van der Waals surface area contributed by atoms with Gasteiger partial charge < -0.3 is 5.32 Å². The van der Waals surface area contributed by atoms with Crippen LogP contribution in [0.25, 0.3) is 15.3 Å². The van der Waals surface area contributed by atoms with Crippen molar-refractivity contribution in [2.75, 3.05) is 11.1 Å². The molecule has 0 saturated carbocycles. The number of halogens is 2. The van der Waals surface area contributed by atoms with Gasteiger partial charge in [-0.15, -0.1) is 11.8 Å². The zero-order chi connectivity index (χ0) is 20.5. The van der Waals surface area contributed by atoms with E-state index in [1.165, 1.54) is 23.1 Å². The molecule has 0 fully saturated rings. The molecule has 0 radical (unpaired) electrons. The van der Waals surface area contributed by atoms with Gasteiger partial charge in [0.25, 0.3) is 0 Å². The maximum Gasteiger partial charge on any atom is 0.235 e. The fraction of sp³-hybridized carbons (Fsp3) is 0.150. The summed E-state index contributed by atoms with van der Waals surface area (Å²) in [6, 6.07) is 13.0. The molecule has 0 bridgehead atoms. The fourth-order valence-electron chi connectivity index (χ4n) is 2.77. The number of carbonyl (C=O) groups is 1. The first-order chi connectivity index (χ1) is 13.9. The van der Waals surface area contributed by atoms with Gasteiger partial charge in [0.2, 0.25) is 11.0 Å². The van der Waals surface area contributed by atoms with E-state index in [1.54, 1.807) is 16.8 Å². The van der Waals surface area contributed by atoms with E-state index < -0.39 is 0 Å². The molecule has 4 aromatic rings. The normalized spacial score (nSPS) is 11.2. The van der Waals surface area contributed by atoms with Gasteiger partial charge in [-0.05, 0) is 49.7 Å². The number of nitrogens with zero attached hydrogens (tertiary/aromatic N) is 3. The number of hydrogen-bond acceptors (Lipinski definition) is 5. The number of aryl methyl sites for hydroxylation is 2. The summed E-state index contributed by atoms with van der Waals surface area (Å²) < 4.78 is 2.56. The number of anilines is 1. The fourth-order valence-corrected chi connectivity index (χ4v) is 4.88. The van der Waals surface area contributed by atoms with Crippen LogP contribution in [0, 0.1) is 13.8 Å². The highest BCUT2D eigenvalue weighted by molar-refractivity contribution is 8.00. The lowest BCUT2D eigenvalue weighted by atomic mass is 10.2. The van der Waals surface area contributed by atoms with Crippen molar-refractivity contribution in [1.82, 2.24) is 14.8 Å². The lowest BCUT2D eigenvalue weighted by Gasteiger charge is -2.06. The van der Waals surface area contributed by atoms with Crippen molar-refractivity contribution in [2.45, 2.75) is 18.7 Å². The number of fused-ring (bicyclic) bond motifs is 1. The summed E-state index contributed by atoms with van der Waals surface area (Å²) in [5.74, 6) is 0.731. The number of rotatable bonds is 5. The van der Waals surface area contributed by atoms with Crippen LogP contribution in [0.1, 0.15) is 11.3 Å². The maximum atomic E-state index is 12.5. The molecule has 2 aromatic carbocycles. The highest BCUT2D eigenvalue weighted by Crippen LogP contribution is 2.34. The summed E-state index contributed by atoms with van der Waals surface area (Å²) in [5.41, 5.74) is 2.68. The molecule has 2 heterocycles. The van der Waals surface area contributed by atoms with Gasteiger partial charge in [0.05, 0.1) is 26.7 Å². The predicted molar refractivity (Wildman–Crippen MR) is 122 cm³/mol. The molecule has 0 aliphatic rings. The second-order valence-electron chi connectivity index (χ2n) is 6.41. The van der Waals surface area contributed by atoms with Crippen LogP contribution in [0.4, 0.5) is 5.82 Å². The van der Waals surface area contributed by atoms with E-state index in [0.29, 0.717) is 21.0 Å². The summed E-state index contributed by atoms with van der Waals surface area (Å²) in [7, 11) is 0. The Labute approximate surface area is 186 Å². The maximum absolute atomic E-state index is 12.5. The van der Waals surface area contributed by atoms with E-state index in [4.69, 9.17) is 28.2 Å². The first-order valence-corrected chi connectivity index (χ1v) is 11.3. The van der Waals surface area contributed by atoms with E-state index in [-0.39, 0.29) is 11.7 Å². The Bertz CT molecular complexity index is 1160. The van der Waals surface area contributed by atoms with Crippen LogP contribution in [-0.4, -0.2) is 26.4 Å². The summed E-state index contributed by atoms with van der Waals surface area (Å²) in [5, 5.41) is 9.42. The quantitative estimate of drug-likeness (QED) is 0.362. The molecule has 0 spiro atoms. The van der Waals surface area contributed by atoms with Gasteiger partial charge in [0.1, 0.15) is 5.82 Å². The summed E-state index contributed by atoms with van der Waals surface area (Å²) >= 11 is 15.1. The SMILES string of the molecule is Cc1cc(NC(=O)CSc2ccc(Cl)cc2)n(-c2nc3c(C)ccc(Cl)c3s2)n1. The number of nitrogens with one attached hydrogen (secondary N) is 1. The van der Waals surface area contributed by atoms with Gasteiger partial charge in [-0.25, -0.2) is 4.98 Å². The molecule has 0 aliphatic carbocycles. The largest absolute Gasteiger partial charge is 0.310 e. The number of hydrogen-bond donors (Lipinski definition) is 1. The van der Waals surface area contributed by atoms with Crippen molar-refractivity contribution in [3.63, 3.8) is 0 Å². The minimum absolute atomic E-state index is 0.124. The zero-order valence-corrected chi connectivity index (χ0v) is 18.7. The smallest absolute Gasteiger partial charge is 0.235 e. The number of thioether (sulfide) groups is 1. The molecule has 0 aliphatic heterocycles. The summed E-state index contributed by atoms with van der Waals surface area (Å²) in [4.78, 5) is 18.2. The zero-order valence-electron chi connectivity index (χ0n) is 15.6. The standard InChI is InChI=1S/C20H16Cl2N4OS2/c1-11-3-8-15(22)19-18(11)24-20(29-19)26-16(9-12(2)25-26)23-17(27)10-28-14-6-4-13(21)5-7-14/h3-9H,10H2,1-2H3,(H,23,27). The third-order valence-electron chi connectivity index (χ3n) is 4.15. The second-order valence-corrected chi connectivity index (χ2v) is 9.28. The van der Waals surface area contributed by atoms with E-state index in [2.05, 4.69) is 10.4 Å². The van der Waals surface area contributed by atoms with Crippen molar-refractivity contribution in [3.8, 4) is 5.13 Å². The van der Waals surface area contributed by atoms with Gasteiger partial charge in [0.15, 0.2) is 0 Å². The molecule has 4 rings (SSSR count). The van der Waals surface area contributed by atoms with E-state index in [9.17, 15) is 4.79 Å². The number of thiazole rings is 1. The van der Waals surface area contributed by atoms with E-state index in [1.807, 2.05) is 44.2 Å². The molecule has 5 nitrogen and oxygen atoms in total. The Balaban J connectivity index is 1.55. The minimum atomic E-state index is -0.124. The van der Waals surface area contributed by atoms with Crippen LogP contribution in [0.15, 0.2) is 47.4 Å². The summed E-state index contributed by atoms with van der Waals surface area (Å²) in [6.07, 6.45) is 0. The van der Waals surface area contributed by atoms with Crippen LogP contribution >= 0.6 is 46.3 Å². The van der Waals surface area contributed by atoms with E-state index in [0.717, 1.165) is 26.4 Å². The van der Waals surface area contributed by atoms with Crippen LogP contribution in [-0.2, 0) is 4.79 Å². The average molecular weight is 463 g/mol. The molecule has 0 unspecified atom stereocenters. The molecular formula is C20H16Cl2N4OS2. The topological polar surface area (TPSA) is 59.8 Å². The third kappa shape index (κ3) is 4.43. The van der Waals surface area contributed by atoms with Crippen LogP contribution in [0.5, 0.6) is 0 Å². The minimum Gasteiger partial charge on any atom is -0.310 e. The monoisotopic (exact) mass is 462 g/mol. The second kappa shape index (κ2) is 8.36. The molecule has 0 saturated heterocycles. The molecular weight excluding hydrogens is 447 g/mol. The Morgan fingerprint density at radius 1 is 1.17 bits per heavy atom. The van der Waals surface area contributed by atoms with Crippen LogP contribution in [0.3, 0.4) is 0 Å². The van der Waals surface area contributed by atoms with Crippen molar-refractivity contribution in [2.24, 2.45) is 0 Å². The van der Waals surface area contributed by atoms with Gasteiger partial charge in [-0.2, -0.15) is 9.78 Å². The highest BCUT2D eigenvalue weighted by atomic mass is 35.5. The highest BCUT2D eigenvalue weighted by Gasteiger charge is 2.16. The Morgan fingerprint density at radius 3 is 2.66 bits per heavy atom. The third-order valence-corrected chi connectivity index (χ3v) is 6.90. The Morgan fingerprint density at radius 2 is 1.93 bits per heavy atom. The van der Waals surface area contributed by atoms with Crippen LogP contribution in [0.2, 0.25) is 10.0 Å². The average Bonchev–Trinajstić information content (AvgIpc) is 3.29. The van der Waals surface area contributed by atoms with Gasteiger partial charge in [-0.1, -0.05) is 40.6 Å². The van der Waals surface area contributed by atoms with Gasteiger partial charge in [-0.3, -0.25) is 4.79 Å². The lowest BCUT2D eigenvalue weighted by Crippen LogP contribution is -2.16. The lowest BCUT2D eigenvalue weighted by molar-refractivity contribution is -0.113. The van der Waals surface area contributed by atoms with Crippen molar-refractivity contribution >= 4 is 68.2 Å². The van der Waals surface area contributed by atoms with Crippen molar-refractivity contribution in [3.05, 3.63) is 63.8 Å². The molecule has 9 heteroatoms.